The summed E-state index contributed by atoms with van der Waals surface area (Å²) in [5.41, 5.74) is -0.0721. The highest BCUT2D eigenvalue weighted by molar-refractivity contribution is 5.93. The maximum Gasteiger partial charge on any atom is 0.342 e. The second kappa shape index (κ2) is 5.53. The first-order chi connectivity index (χ1) is 9.86. The summed E-state index contributed by atoms with van der Waals surface area (Å²) in [5, 5.41) is 22.4. The van der Waals surface area contributed by atoms with Crippen molar-refractivity contribution in [3.05, 3.63) is 57.5 Å². The predicted molar refractivity (Wildman–Crippen MR) is 72.3 cm³/mol. The third-order valence-electron chi connectivity index (χ3n) is 2.62. The number of aryl methyl sites for hydroxylation is 1. The van der Waals surface area contributed by atoms with Crippen molar-refractivity contribution in [1.82, 2.24) is 4.98 Å². The highest BCUT2D eigenvalue weighted by atomic mass is 19.1. The predicted octanol–water partition coefficient (Wildman–Crippen LogP) is 2.88. The highest BCUT2D eigenvalue weighted by Gasteiger charge is 2.21. The fourth-order valence-electron chi connectivity index (χ4n) is 1.79. The number of hydrogen-bond acceptors (Lipinski definition) is 5. The molecule has 0 aliphatic heterocycles. The lowest BCUT2D eigenvalue weighted by molar-refractivity contribution is -0.385. The Balaban J connectivity index is 2.39. The fourth-order valence-corrected chi connectivity index (χ4v) is 1.79. The first-order valence-electron chi connectivity index (χ1n) is 5.79. The van der Waals surface area contributed by atoms with Gasteiger partial charge in [0, 0.05) is 11.8 Å². The number of nitrogens with one attached hydrogen (secondary N) is 1. The van der Waals surface area contributed by atoms with Crippen LogP contribution in [-0.4, -0.2) is 21.0 Å². The molecule has 0 aliphatic rings. The lowest BCUT2D eigenvalue weighted by Gasteiger charge is -2.07. The number of aromatic nitrogens is 1. The van der Waals surface area contributed by atoms with E-state index in [2.05, 4.69) is 10.3 Å². The van der Waals surface area contributed by atoms with E-state index in [-0.39, 0.29) is 5.82 Å². The number of rotatable bonds is 4. The Morgan fingerprint density at radius 3 is 2.67 bits per heavy atom. The van der Waals surface area contributed by atoms with Gasteiger partial charge in [0.15, 0.2) is 0 Å². The number of pyridine rings is 1. The van der Waals surface area contributed by atoms with Gasteiger partial charge in [-0.05, 0) is 30.7 Å². The van der Waals surface area contributed by atoms with Crippen LogP contribution < -0.4 is 5.32 Å². The fraction of sp³-hybridized carbons (Fsp3) is 0.0769. The Hall–Kier alpha value is -3.03. The van der Waals surface area contributed by atoms with Crippen LogP contribution in [0.3, 0.4) is 0 Å². The number of benzene rings is 1. The maximum absolute atomic E-state index is 13.3. The number of halogens is 1. The summed E-state index contributed by atoms with van der Waals surface area (Å²) in [4.78, 5) is 24.7. The van der Waals surface area contributed by atoms with Crippen molar-refractivity contribution in [1.29, 1.82) is 0 Å². The molecule has 0 aliphatic carbocycles. The van der Waals surface area contributed by atoms with Crippen LogP contribution in [0.4, 0.5) is 21.6 Å². The van der Waals surface area contributed by atoms with Gasteiger partial charge in [0.2, 0.25) is 0 Å². The van der Waals surface area contributed by atoms with Crippen molar-refractivity contribution in [2.45, 2.75) is 6.92 Å². The first-order valence-corrected chi connectivity index (χ1v) is 5.79. The Labute approximate surface area is 118 Å². The molecule has 108 valence electrons. The zero-order valence-electron chi connectivity index (χ0n) is 10.8. The van der Waals surface area contributed by atoms with E-state index in [1.165, 1.54) is 12.1 Å². The summed E-state index contributed by atoms with van der Waals surface area (Å²) < 4.78 is 13.3. The van der Waals surface area contributed by atoms with E-state index in [0.717, 1.165) is 12.3 Å². The lowest BCUT2D eigenvalue weighted by atomic mass is 10.2. The Bertz CT molecular complexity index is 713. The number of nitro groups is 1. The van der Waals surface area contributed by atoms with Crippen molar-refractivity contribution in [3.63, 3.8) is 0 Å². The second-order valence-corrected chi connectivity index (χ2v) is 4.29. The molecule has 1 heterocycles. The van der Waals surface area contributed by atoms with E-state index in [4.69, 9.17) is 5.11 Å². The average Bonchev–Trinajstić information content (AvgIpc) is 2.36. The number of carboxylic acid groups (broad SMARTS) is 1. The summed E-state index contributed by atoms with van der Waals surface area (Å²) in [6.45, 7) is 1.69. The molecule has 0 radical (unpaired) electrons. The number of aromatic carboxylic acids is 1. The normalized spacial score (nSPS) is 10.2. The number of anilines is 2. The smallest absolute Gasteiger partial charge is 0.342 e. The van der Waals surface area contributed by atoms with Crippen molar-refractivity contribution < 1.29 is 19.2 Å². The van der Waals surface area contributed by atoms with E-state index >= 15 is 0 Å². The van der Waals surface area contributed by atoms with Crippen molar-refractivity contribution in [2.24, 2.45) is 0 Å². The quantitative estimate of drug-likeness (QED) is 0.662. The molecule has 0 fully saturated rings. The van der Waals surface area contributed by atoms with Gasteiger partial charge < -0.3 is 10.4 Å². The van der Waals surface area contributed by atoms with Crippen LogP contribution in [0.2, 0.25) is 0 Å². The molecule has 2 rings (SSSR count). The lowest BCUT2D eigenvalue weighted by Crippen LogP contribution is -2.05. The van der Waals surface area contributed by atoms with Crippen LogP contribution in [0, 0.1) is 22.9 Å². The van der Waals surface area contributed by atoms with Gasteiger partial charge in [0.05, 0.1) is 4.92 Å². The van der Waals surface area contributed by atoms with E-state index in [1.807, 2.05) is 0 Å². The molecule has 2 N–H and O–H groups in total. The summed E-state index contributed by atoms with van der Waals surface area (Å²) in [6.07, 6.45) is 0.845. The van der Waals surface area contributed by atoms with Gasteiger partial charge in [0.25, 0.3) is 0 Å². The minimum atomic E-state index is -1.44. The zero-order chi connectivity index (χ0) is 15.6. The Morgan fingerprint density at radius 1 is 1.38 bits per heavy atom. The molecule has 0 saturated heterocycles. The molecule has 0 atom stereocenters. The van der Waals surface area contributed by atoms with Crippen molar-refractivity contribution in [3.8, 4) is 0 Å². The van der Waals surface area contributed by atoms with E-state index in [1.54, 1.807) is 13.0 Å². The molecule has 7 nitrogen and oxygen atoms in total. The minimum Gasteiger partial charge on any atom is -0.477 e. The van der Waals surface area contributed by atoms with E-state index < -0.39 is 28.0 Å². The molecular formula is C13H10FN3O4. The molecule has 0 amide bonds. The van der Waals surface area contributed by atoms with Crippen LogP contribution in [0.15, 0.2) is 30.5 Å². The third kappa shape index (κ3) is 3.30. The zero-order valence-corrected chi connectivity index (χ0v) is 10.8. The molecule has 8 heteroatoms. The molecule has 0 spiro atoms. The number of carboxylic acids is 1. The van der Waals surface area contributed by atoms with E-state index in [9.17, 15) is 19.3 Å². The number of nitrogens with zero attached hydrogens (tertiary/aromatic N) is 2. The van der Waals surface area contributed by atoms with Gasteiger partial charge in [-0.25, -0.2) is 14.2 Å². The molecule has 0 bridgehead atoms. The maximum atomic E-state index is 13.3. The standard InChI is InChI=1S/C13H10FN3O4/c1-7-2-8(14)4-9(3-7)16-12-5-10(13(18)19)11(6-15-12)17(20)21/h2-6H,1H3,(H,15,16)(H,18,19). The van der Waals surface area contributed by atoms with Crippen LogP contribution in [0.1, 0.15) is 15.9 Å². The van der Waals surface area contributed by atoms with Crippen LogP contribution >= 0.6 is 0 Å². The van der Waals surface area contributed by atoms with Gasteiger partial charge in [-0.1, -0.05) is 0 Å². The highest BCUT2D eigenvalue weighted by Crippen LogP contribution is 2.23. The Morgan fingerprint density at radius 2 is 2.10 bits per heavy atom. The van der Waals surface area contributed by atoms with E-state index in [0.29, 0.717) is 11.3 Å². The average molecular weight is 291 g/mol. The summed E-state index contributed by atoms with van der Waals surface area (Å²) in [5.74, 6) is -1.83. The monoisotopic (exact) mass is 291 g/mol. The topological polar surface area (TPSA) is 105 Å². The first kappa shape index (κ1) is 14.4. The van der Waals surface area contributed by atoms with Crippen molar-refractivity contribution >= 4 is 23.2 Å². The SMILES string of the molecule is Cc1cc(F)cc(Nc2cc(C(=O)O)c([N+](=O)[O-])cn2)c1. The van der Waals surface area contributed by atoms with Gasteiger partial charge in [-0.3, -0.25) is 10.1 Å². The van der Waals surface area contributed by atoms with Crippen LogP contribution in [-0.2, 0) is 0 Å². The number of hydrogen-bond donors (Lipinski definition) is 2. The van der Waals surface area contributed by atoms with Gasteiger partial charge >= 0.3 is 11.7 Å². The molecule has 1 aromatic carbocycles. The van der Waals surface area contributed by atoms with Gasteiger partial charge in [-0.2, -0.15) is 0 Å². The van der Waals surface area contributed by atoms with Gasteiger partial charge in [0.1, 0.15) is 23.4 Å². The molecule has 21 heavy (non-hydrogen) atoms. The summed E-state index contributed by atoms with van der Waals surface area (Å²) in [7, 11) is 0. The minimum absolute atomic E-state index is 0.0722. The summed E-state index contributed by atoms with van der Waals surface area (Å²) >= 11 is 0. The third-order valence-corrected chi connectivity index (χ3v) is 2.62. The Kier molecular flexibility index (Phi) is 3.79. The molecule has 0 unspecified atom stereocenters. The van der Waals surface area contributed by atoms with Crippen LogP contribution in [0.25, 0.3) is 0 Å². The second-order valence-electron chi connectivity index (χ2n) is 4.29. The van der Waals surface area contributed by atoms with Crippen LogP contribution in [0.5, 0.6) is 0 Å². The molecule has 0 saturated carbocycles. The van der Waals surface area contributed by atoms with Crippen molar-refractivity contribution in [2.75, 3.05) is 5.32 Å². The summed E-state index contributed by atoms with van der Waals surface area (Å²) in [6, 6.07) is 5.20. The largest absolute Gasteiger partial charge is 0.477 e. The molecule has 1 aromatic heterocycles. The molecule has 2 aromatic rings. The number of carbonyl (C=O) groups is 1. The molecular weight excluding hydrogens is 281 g/mol. The van der Waals surface area contributed by atoms with Gasteiger partial charge in [-0.15, -0.1) is 0 Å².